The molecular weight excluding hydrogens is 262 g/mol. The molecule has 0 aliphatic carbocycles. The lowest BCUT2D eigenvalue weighted by molar-refractivity contribution is 0.129. The Balaban J connectivity index is 2.45. The molecule has 1 aromatic rings. The lowest BCUT2D eigenvalue weighted by Gasteiger charge is -2.34. The molecule has 3 heteroatoms. The largest absolute Gasteiger partial charge is 0.494 e. The van der Waals surface area contributed by atoms with Crippen LogP contribution in [-0.2, 0) is 0 Å². The molecule has 0 bridgehead atoms. The maximum Gasteiger partial charge on any atom is 0.119 e. The molecule has 0 radical (unpaired) electrons. The number of aliphatic hydroxyl groups excluding tert-OH is 1. The number of nitrogens with one attached hydrogen (secondary N) is 1. The van der Waals surface area contributed by atoms with Crippen molar-refractivity contribution in [2.75, 3.05) is 13.2 Å². The maximum atomic E-state index is 9.71. The second-order valence-electron chi connectivity index (χ2n) is 6.29. The Labute approximate surface area is 129 Å². The van der Waals surface area contributed by atoms with Crippen LogP contribution in [0.3, 0.4) is 0 Å². The van der Waals surface area contributed by atoms with E-state index in [1.807, 2.05) is 6.07 Å². The third-order valence-corrected chi connectivity index (χ3v) is 4.12. The predicted molar refractivity (Wildman–Crippen MR) is 89.0 cm³/mol. The Morgan fingerprint density at radius 3 is 2.48 bits per heavy atom. The molecule has 120 valence electrons. The standard InChI is InChI=1S/C18H31NO2/c1-6-18(13-20,19-14(2)3)10-7-11-21-17-9-8-15(4)16(5)12-17/h8-9,12,14,19-20H,6-7,10-11,13H2,1-5H3. The van der Waals surface area contributed by atoms with Crippen LogP contribution < -0.4 is 10.1 Å². The van der Waals surface area contributed by atoms with Crippen LogP contribution in [0.15, 0.2) is 18.2 Å². The van der Waals surface area contributed by atoms with Crippen LogP contribution in [0, 0.1) is 13.8 Å². The Bertz CT molecular complexity index is 425. The van der Waals surface area contributed by atoms with Crippen molar-refractivity contribution in [2.45, 2.75) is 65.5 Å². The minimum atomic E-state index is -0.180. The first-order valence-electron chi connectivity index (χ1n) is 8.01. The van der Waals surface area contributed by atoms with Crippen LogP contribution >= 0.6 is 0 Å². The number of benzene rings is 1. The lowest BCUT2D eigenvalue weighted by Crippen LogP contribution is -2.51. The summed E-state index contributed by atoms with van der Waals surface area (Å²) in [6.07, 6.45) is 2.77. The van der Waals surface area contributed by atoms with Gasteiger partial charge in [0.25, 0.3) is 0 Å². The molecule has 0 fully saturated rings. The average Bonchev–Trinajstić information content (AvgIpc) is 2.45. The topological polar surface area (TPSA) is 41.5 Å². The van der Waals surface area contributed by atoms with Crippen LogP contribution in [0.25, 0.3) is 0 Å². The minimum absolute atomic E-state index is 0.172. The first-order valence-corrected chi connectivity index (χ1v) is 8.01. The van der Waals surface area contributed by atoms with Gasteiger partial charge in [0.05, 0.1) is 13.2 Å². The Morgan fingerprint density at radius 1 is 1.24 bits per heavy atom. The van der Waals surface area contributed by atoms with Gasteiger partial charge in [0.2, 0.25) is 0 Å². The molecule has 3 nitrogen and oxygen atoms in total. The van der Waals surface area contributed by atoms with Crippen molar-refractivity contribution in [2.24, 2.45) is 0 Å². The van der Waals surface area contributed by atoms with Gasteiger partial charge in [-0.05, 0) is 56.4 Å². The molecule has 1 rings (SSSR count). The van der Waals surface area contributed by atoms with Gasteiger partial charge in [-0.1, -0.05) is 26.8 Å². The molecule has 1 aromatic carbocycles. The highest BCUT2D eigenvalue weighted by atomic mass is 16.5. The van der Waals surface area contributed by atoms with E-state index >= 15 is 0 Å². The Hall–Kier alpha value is -1.06. The molecule has 0 saturated heterocycles. The first kappa shape index (κ1) is 18.0. The van der Waals surface area contributed by atoms with E-state index in [4.69, 9.17) is 4.74 Å². The van der Waals surface area contributed by atoms with E-state index in [0.717, 1.165) is 25.0 Å². The summed E-state index contributed by atoms with van der Waals surface area (Å²) in [5.74, 6) is 0.931. The predicted octanol–water partition coefficient (Wildman–Crippen LogP) is 3.60. The molecular formula is C18H31NO2. The van der Waals surface area contributed by atoms with Gasteiger partial charge in [0, 0.05) is 11.6 Å². The van der Waals surface area contributed by atoms with Crippen LogP contribution in [0.5, 0.6) is 5.75 Å². The highest BCUT2D eigenvalue weighted by Crippen LogP contribution is 2.20. The van der Waals surface area contributed by atoms with E-state index < -0.39 is 0 Å². The zero-order valence-electron chi connectivity index (χ0n) is 14.2. The summed E-state index contributed by atoms with van der Waals surface area (Å²) in [7, 11) is 0. The summed E-state index contributed by atoms with van der Waals surface area (Å²) in [5, 5.41) is 13.2. The highest BCUT2D eigenvalue weighted by Gasteiger charge is 2.27. The third kappa shape index (κ3) is 5.68. The third-order valence-electron chi connectivity index (χ3n) is 4.12. The maximum absolute atomic E-state index is 9.71. The van der Waals surface area contributed by atoms with Crippen LogP contribution in [0.4, 0.5) is 0 Å². The molecule has 0 spiro atoms. The summed E-state index contributed by atoms with van der Waals surface area (Å²) >= 11 is 0. The van der Waals surface area contributed by atoms with Crippen molar-refractivity contribution in [3.63, 3.8) is 0 Å². The summed E-state index contributed by atoms with van der Waals surface area (Å²) in [6.45, 7) is 11.4. The molecule has 1 unspecified atom stereocenters. The van der Waals surface area contributed by atoms with Crippen LogP contribution in [-0.4, -0.2) is 29.9 Å². The van der Waals surface area contributed by atoms with Gasteiger partial charge < -0.3 is 15.2 Å². The smallest absolute Gasteiger partial charge is 0.119 e. The lowest BCUT2D eigenvalue weighted by atomic mass is 9.90. The van der Waals surface area contributed by atoms with Crippen LogP contribution in [0.1, 0.15) is 51.2 Å². The second kappa shape index (κ2) is 8.40. The Kier molecular flexibility index (Phi) is 7.20. The van der Waals surface area contributed by atoms with Gasteiger partial charge in [-0.15, -0.1) is 0 Å². The van der Waals surface area contributed by atoms with Crippen molar-refractivity contribution in [1.29, 1.82) is 0 Å². The fourth-order valence-electron chi connectivity index (χ4n) is 2.60. The van der Waals surface area contributed by atoms with E-state index in [-0.39, 0.29) is 12.1 Å². The van der Waals surface area contributed by atoms with Gasteiger partial charge in [0.1, 0.15) is 5.75 Å². The zero-order valence-corrected chi connectivity index (χ0v) is 14.2. The first-order chi connectivity index (χ1) is 9.92. The molecule has 21 heavy (non-hydrogen) atoms. The number of ether oxygens (including phenoxy) is 1. The molecule has 0 aromatic heterocycles. The minimum Gasteiger partial charge on any atom is -0.494 e. The van der Waals surface area contributed by atoms with Crippen molar-refractivity contribution >= 4 is 0 Å². The monoisotopic (exact) mass is 293 g/mol. The van der Waals surface area contributed by atoms with Crippen molar-refractivity contribution in [3.8, 4) is 5.75 Å². The van der Waals surface area contributed by atoms with E-state index in [1.165, 1.54) is 11.1 Å². The summed E-state index contributed by atoms with van der Waals surface area (Å²) in [6, 6.07) is 6.57. The normalized spacial score (nSPS) is 14.2. The fourth-order valence-corrected chi connectivity index (χ4v) is 2.60. The van der Waals surface area contributed by atoms with E-state index in [2.05, 4.69) is 52.1 Å². The average molecular weight is 293 g/mol. The van der Waals surface area contributed by atoms with Gasteiger partial charge >= 0.3 is 0 Å². The van der Waals surface area contributed by atoms with Gasteiger partial charge in [-0.3, -0.25) is 0 Å². The molecule has 2 N–H and O–H groups in total. The number of rotatable bonds is 9. The molecule has 0 saturated carbocycles. The summed E-state index contributed by atoms with van der Waals surface area (Å²) in [5.41, 5.74) is 2.36. The molecule has 0 heterocycles. The number of aliphatic hydroxyl groups is 1. The Morgan fingerprint density at radius 2 is 1.95 bits per heavy atom. The quantitative estimate of drug-likeness (QED) is 0.684. The fraction of sp³-hybridized carbons (Fsp3) is 0.667. The van der Waals surface area contributed by atoms with Gasteiger partial charge in [0.15, 0.2) is 0 Å². The molecule has 1 atom stereocenters. The zero-order chi connectivity index (χ0) is 15.9. The SMILES string of the molecule is CCC(CO)(CCCOc1ccc(C)c(C)c1)NC(C)C. The number of hydrogen-bond donors (Lipinski definition) is 2. The summed E-state index contributed by atoms with van der Waals surface area (Å²) < 4.78 is 5.82. The van der Waals surface area contributed by atoms with E-state index in [9.17, 15) is 5.11 Å². The van der Waals surface area contributed by atoms with Gasteiger partial charge in [-0.25, -0.2) is 0 Å². The van der Waals surface area contributed by atoms with Gasteiger partial charge in [-0.2, -0.15) is 0 Å². The van der Waals surface area contributed by atoms with Crippen molar-refractivity contribution in [1.82, 2.24) is 5.32 Å². The van der Waals surface area contributed by atoms with Crippen molar-refractivity contribution < 1.29 is 9.84 Å². The number of hydrogen-bond acceptors (Lipinski definition) is 3. The second-order valence-corrected chi connectivity index (χ2v) is 6.29. The molecule has 0 amide bonds. The number of aryl methyl sites for hydroxylation is 2. The van der Waals surface area contributed by atoms with E-state index in [0.29, 0.717) is 12.6 Å². The van der Waals surface area contributed by atoms with Crippen LogP contribution in [0.2, 0.25) is 0 Å². The van der Waals surface area contributed by atoms with Crippen molar-refractivity contribution in [3.05, 3.63) is 29.3 Å². The molecule has 0 aliphatic rings. The molecule has 0 aliphatic heterocycles. The highest BCUT2D eigenvalue weighted by molar-refractivity contribution is 5.33. The van der Waals surface area contributed by atoms with E-state index in [1.54, 1.807) is 0 Å². The summed E-state index contributed by atoms with van der Waals surface area (Å²) in [4.78, 5) is 0.